The molecular weight excluding hydrogens is 344 g/mol. The van der Waals surface area contributed by atoms with Crippen LogP contribution in [0.15, 0.2) is 34.9 Å². The fourth-order valence-electron chi connectivity index (χ4n) is 4.15. The van der Waals surface area contributed by atoms with Gasteiger partial charge in [-0.05, 0) is 24.8 Å². The van der Waals surface area contributed by atoms with Gasteiger partial charge in [-0.1, -0.05) is 35.5 Å². The van der Waals surface area contributed by atoms with Gasteiger partial charge in [0.15, 0.2) is 5.82 Å². The number of piperidine rings is 1. The van der Waals surface area contributed by atoms with Crippen molar-refractivity contribution in [3.63, 3.8) is 0 Å². The van der Waals surface area contributed by atoms with Crippen molar-refractivity contribution in [2.24, 2.45) is 0 Å². The maximum absolute atomic E-state index is 12.5. The highest BCUT2D eigenvalue weighted by Crippen LogP contribution is 2.39. The first-order valence-electron chi connectivity index (χ1n) is 9.57. The second-order valence-electron chi connectivity index (χ2n) is 7.56. The van der Waals surface area contributed by atoms with Crippen LogP contribution in [0.25, 0.3) is 0 Å². The molecule has 2 aliphatic rings. The highest BCUT2D eigenvalue weighted by atomic mass is 16.5. The molecule has 0 saturated carbocycles. The summed E-state index contributed by atoms with van der Waals surface area (Å²) in [5.41, 5.74) is 1.04. The Balaban J connectivity index is 1.32. The van der Waals surface area contributed by atoms with Gasteiger partial charge in [0.1, 0.15) is 0 Å². The van der Waals surface area contributed by atoms with E-state index in [4.69, 9.17) is 9.26 Å². The van der Waals surface area contributed by atoms with Crippen molar-refractivity contribution < 1.29 is 14.1 Å². The molecule has 7 nitrogen and oxygen atoms in total. The first kappa shape index (κ1) is 18.1. The molecule has 4 rings (SSSR count). The highest BCUT2D eigenvalue weighted by molar-refractivity contribution is 5.87. The number of carbonyl (C=O) groups excluding carboxylic acids is 1. The van der Waals surface area contributed by atoms with Crippen LogP contribution in [0, 0.1) is 0 Å². The largest absolute Gasteiger partial charge is 0.384 e. The molecule has 1 amide bonds. The predicted octanol–water partition coefficient (Wildman–Crippen LogP) is 1.90. The molecule has 1 atom stereocenters. The lowest BCUT2D eigenvalue weighted by molar-refractivity contribution is -0.121. The second-order valence-corrected chi connectivity index (χ2v) is 7.56. The Kier molecular flexibility index (Phi) is 5.22. The molecule has 3 heterocycles. The van der Waals surface area contributed by atoms with E-state index in [1.807, 2.05) is 18.2 Å². The summed E-state index contributed by atoms with van der Waals surface area (Å²) in [6, 6.07) is 10.1. The number of amides is 1. The smallest absolute Gasteiger partial charge is 0.240 e. The highest BCUT2D eigenvalue weighted by Gasteiger charge is 2.46. The van der Waals surface area contributed by atoms with Crippen molar-refractivity contribution in [1.29, 1.82) is 0 Å². The lowest BCUT2D eigenvalue weighted by Crippen LogP contribution is -2.50. The number of nitrogens with one attached hydrogen (secondary N) is 1. The van der Waals surface area contributed by atoms with E-state index in [1.54, 1.807) is 7.11 Å². The third kappa shape index (κ3) is 4.04. The van der Waals surface area contributed by atoms with Crippen LogP contribution in [0.1, 0.15) is 42.5 Å². The first-order valence-corrected chi connectivity index (χ1v) is 9.57. The summed E-state index contributed by atoms with van der Waals surface area (Å²) in [6.45, 7) is 3.08. The fourth-order valence-corrected chi connectivity index (χ4v) is 4.15. The van der Waals surface area contributed by atoms with Crippen LogP contribution >= 0.6 is 0 Å². The maximum atomic E-state index is 12.5. The molecule has 1 N–H and O–H groups in total. The first-order chi connectivity index (χ1) is 13.2. The van der Waals surface area contributed by atoms with E-state index in [2.05, 4.69) is 32.5 Å². The summed E-state index contributed by atoms with van der Waals surface area (Å²) in [5, 5.41) is 7.29. The Bertz CT molecular complexity index is 769. The average Bonchev–Trinajstić information content (AvgIpc) is 3.27. The predicted molar refractivity (Wildman–Crippen MR) is 99.1 cm³/mol. The minimum atomic E-state index is -0.0768. The molecule has 2 aliphatic heterocycles. The van der Waals surface area contributed by atoms with Crippen LogP contribution in [0.4, 0.5) is 0 Å². The number of carbonyl (C=O) groups is 1. The van der Waals surface area contributed by atoms with Crippen LogP contribution in [-0.4, -0.2) is 53.3 Å². The SMILES string of the molecule is COCCc1noc(CN2CCC3(CC2)CC(c2ccccc2)C(=O)N3)n1. The number of ether oxygens (including phenoxy) is 1. The zero-order valence-corrected chi connectivity index (χ0v) is 15.7. The topological polar surface area (TPSA) is 80.5 Å². The van der Waals surface area contributed by atoms with Gasteiger partial charge in [-0.25, -0.2) is 0 Å². The van der Waals surface area contributed by atoms with Gasteiger partial charge in [0, 0.05) is 32.2 Å². The summed E-state index contributed by atoms with van der Waals surface area (Å²) in [7, 11) is 1.66. The molecule has 0 radical (unpaired) electrons. The number of rotatable bonds is 6. The Morgan fingerprint density at radius 3 is 2.81 bits per heavy atom. The van der Waals surface area contributed by atoms with Gasteiger partial charge in [-0.3, -0.25) is 9.69 Å². The van der Waals surface area contributed by atoms with Crippen molar-refractivity contribution >= 4 is 5.91 Å². The summed E-state index contributed by atoms with van der Waals surface area (Å²) in [5.74, 6) is 1.47. The van der Waals surface area contributed by atoms with Gasteiger partial charge in [-0.15, -0.1) is 0 Å². The van der Waals surface area contributed by atoms with E-state index >= 15 is 0 Å². The molecule has 2 fully saturated rings. The normalized spacial score (nSPS) is 22.3. The monoisotopic (exact) mass is 370 g/mol. The van der Waals surface area contributed by atoms with E-state index in [0.29, 0.717) is 31.3 Å². The standard InChI is InChI=1S/C20H26N4O3/c1-26-12-7-17-21-18(27-23-17)14-24-10-8-20(9-11-24)13-16(19(25)22-20)15-5-3-2-4-6-15/h2-6,16H,7-14H2,1H3,(H,22,25). The number of hydrogen-bond acceptors (Lipinski definition) is 6. The van der Waals surface area contributed by atoms with Crippen LogP contribution in [0.3, 0.4) is 0 Å². The number of likely N-dealkylation sites (tertiary alicyclic amines) is 1. The molecule has 1 unspecified atom stereocenters. The van der Waals surface area contributed by atoms with Crippen molar-refractivity contribution in [2.45, 2.75) is 43.7 Å². The van der Waals surface area contributed by atoms with Gasteiger partial charge in [0.2, 0.25) is 11.8 Å². The molecule has 1 aromatic heterocycles. The summed E-state index contributed by atoms with van der Waals surface area (Å²) >= 11 is 0. The summed E-state index contributed by atoms with van der Waals surface area (Å²) < 4.78 is 10.4. The van der Waals surface area contributed by atoms with Gasteiger partial charge in [0.05, 0.1) is 19.1 Å². The van der Waals surface area contributed by atoms with Gasteiger partial charge in [-0.2, -0.15) is 4.98 Å². The van der Waals surface area contributed by atoms with E-state index in [-0.39, 0.29) is 17.4 Å². The lowest BCUT2D eigenvalue weighted by Gasteiger charge is -2.38. The molecule has 7 heteroatoms. The van der Waals surface area contributed by atoms with Gasteiger partial charge >= 0.3 is 0 Å². The zero-order chi connectivity index (χ0) is 18.7. The van der Waals surface area contributed by atoms with Crippen molar-refractivity contribution in [2.75, 3.05) is 26.8 Å². The number of benzene rings is 1. The fraction of sp³-hybridized carbons (Fsp3) is 0.550. The molecule has 1 aromatic carbocycles. The van der Waals surface area contributed by atoms with E-state index in [1.165, 1.54) is 0 Å². The molecule has 144 valence electrons. The number of hydrogen-bond donors (Lipinski definition) is 1. The third-order valence-corrected chi connectivity index (χ3v) is 5.71. The number of methoxy groups -OCH3 is 1. The summed E-state index contributed by atoms with van der Waals surface area (Å²) in [4.78, 5) is 19.3. The van der Waals surface area contributed by atoms with Gasteiger partial charge < -0.3 is 14.6 Å². The van der Waals surface area contributed by atoms with Crippen molar-refractivity contribution in [3.8, 4) is 0 Å². The third-order valence-electron chi connectivity index (χ3n) is 5.71. The molecule has 1 spiro atoms. The van der Waals surface area contributed by atoms with Gasteiger partial charge in [0.25, 0.3) is 0 Å². The number of aromatic nitrogens is 2. The minimum absolute atomic E-state index is 0.0305. The van der Waals surface area contributed by atoms with E-state index in [9.17, 15) is 4.79 Å². The van der Waals surface area contributed by atoms with Crippen LogP contribution in [0.5, 0.6) is 0 Å². The minimum Gasteiger partial charge on any atom is -0.384 e. The molecule has 0 aliphatic carbocycles. The maximum Gasteiger partial charge on any atom is 0.240 e. The van der Waals surface area contributed by atoms with Crippen molar-refractivity contribution in [3.05, 3.63) is 47.6 Å². The van der Waals surface area contributed by atoms with Crippen molar-refractivity contribution in [1.82, 2.24) is 20.4 Å². The summed E-state index contributed by atoms with van der Waals surface area (Å²) in [6.07, 6.45) is 3.45. The van der Waals surface area contributed by atoms with Crippen LogP contribution in [-0.2, 0) is 22.5 Å². The molecule has 2 saturated heterocycles. The zero-order valence-electron chi connectivity index (χ0n) is 15.7. The average molecular weight is 370 g/mol. The molecule has 27 heavy (non-hydrogen) atoms. The van der Waals surface area contributed by atoms with Crippen LogP contribution < -0.4 is 5.32 Å². The second kappa shape index (κ2) is 7.78. The van der Waals surface area contributed by atoms with Crippen LogP contribution in [0.2, 0.25) is 0 Å². The molecular formula is C20H26N4O3. The number of nitrogens with zero attached hydrogens (tertiary/aromatic N) is 3. The Labute approximate surface area is 159 Å². The molecule has 0 bridgehead atoms. The van der Waals surface area contributed by atoms with E-state index in [0.717, 1.165) is 37.9 Å². The Hall–Kier alpha value is -2.25. The van der Waals surface area contributed by atoms with E-state index < -0.39 is 0 Å². The molecule has 2 aromatic rings. The Morgan fingerprint density at radius 2 is 2.07 bits per heavy atom. The Morgan fingerprint density at radius 1 is 1.30 bits per heavy atom. The lowest BCUT2D eigenvalue weighted by atomic mass is 9.82. The quantitative estimate of drug-likeness (QED) is 0.836.